The molecule has 0 bridgehead atoms. The molecule has 4 rings (SSSR count). The highest BCUT2D eigenvalue weighted by atomic mass is 19.4. The minimum absolute atomic E-state index is 0.0940. The third-order valence-corrected chi connectivity index (χ3v) is 4.98. The van der Waals surface area contributed by atoms with Crippen LogP contribution in [0.5, 0.6) is 0 Å². The number of aromatic nitrogens is 2. The number of carbonyl (C=O) groups is 2. The smallest absolute Gasteiger partial charge is 0.433 e. The maximum absolute atomic E-state index is 12.8. The fourth-order valence-corrected chi connectivity index (χ4v) is 3.50. The van der Waals surface area contributed by atoms with Gasteiger partial charge in [0.25, 0.3) is 5.91 Å². The Morgan fingerprint density at radius 2 is 1.93 bits per heavy atom. The summed E-state index contributed by atoms with van der Waals surface area (Å²) in [7, 11) is 1.30. The summed E-state index contributed by atoms with van der Waals surface area (Å²) in [6, 6.07) is 7.10. The van der Waals surface area contributed by atoms with Crippen molar-refractivity contribution in [2.45, 2.75) is 19.1 Å². The van der Waals surface area contributed by atoms with Crippen molar-refractivity contribution in [3.8, 4) is 0 Å². The van der Waals surface area contributed by atoms with Gasteiger partial charge in [-0.2, -0.15) is 13.2 Å². The van der Waals surface area contributed by atoms with Crippen LogP contribution in [0, 0.1) is 0 Å². The second-order valence-corrected chi connectivity index (χ2v) is 6.74. The van der Waals surface area contributed by atoms with Gasteiger partial charge in [0.05, 0.1) is 18.2 Å². The van der Waals surface area contributed by atoms with Crippen LogP contribution in [0.25, 0.3) is 10.9 Å². The quantitative estimate of drug-likeness (QED) is 0.664. The van der Waals surface area contributed by atoms with Crippen LogP contribution < -0.4 is 0 Å². The number of hydrogen-bond acceptors (Lipinski definition) is 4. The van der Waals surface area contributed by atoms with Crippen molar-refractivity contribution in [3.63, 3.8) is 0 Å². The molecule has 6 nitrogen and oxygen atoms in total. The Balaban J connectivity index is 1.62. The maximum atomic E-state index is 12.8. The molecule has 0 fully saturated rings. The number of pyridine rings is 1. The van der Waals surface area contributed by atoms with E-state index in [-0.39, 0.29) is 12.1 Å². The fraction of sp³-hybridized carbons (Fsp3) is 0.250. The number of aromatic amines is 1. The number of methoxy groups -OCH3 is 1. The molecule has 1 aliphatic rings. The van der Waals surface area contributed by atoms with Crippen molar-refractivity contribution in [3.05, 3.63) is 64.6 Å². The number of benzene rings is 1. The number of amides is 1. The van der Waals surface area contributed by atoms with Gasteiger partial charge < -0.3 is 14.6 Å². The lowest BCUT2D eigenvalue weighted by atomic mass is 10.0. The molecule has 0 aliphatic carbocycles. The lowest BCUT2D eigenvalue weighted by molar-refractivity contribution is -0.141. The Bertz CT molecular complexity index is 1100. The molecule has 0 saturated heterocycles. The molecule has 0 atom stereocenters. The van der Waals surface area contributed by atoms with Gasteiger partial charge in [-0.3, -0.25) is 9.78 Å². The van der Waals surface area contributed by atoms with Crippen molar-refractivity contribution in [1.82, 2.24) is 14.9 Å². The zero-order valence-corrected chi connectivity index (χ0v) is 15.3. The summed E-state index contributed by atoms with van der Waals surface area (Å²) < 4.78 is 42.8. The molecule has 9 heteroatoms. The van der Waals surface area contributed by atoms with Gasteiger partial charge in [0, 0.05) is 47.9 Å². The van der Waals surface area contributed by atoms with Crippen molar-refractivity contribution in [1.29, 1.82) is 0 Å². The molecule has 0 saturated carbocycles. The SMILES string of the molecule is COC(=O)c1ccc2[nH]c3c(c2c1)CN(C(=O)c1ccc(C(F)(F)F)nc1)CC3. The van der Waals surface area contributed by atoms with E-state index < -0.39 is 23.7 Å². The third-order valence-electron chi connectivity index (χ3n) is 4.98. The molecular formula is C20H16F3N3O3. The number of halogens is 3. The number of rotatable bonds is 2. The summed E-state index contributed by atoms with van der Waals surface area (Å²) >= 11 is 0. The molecule has 1 aliphatic heterocycles. The van der Waals surface area contributed by atoms with E-state index in [2.05, 4.69) is 9.97 Å². The van der Waals surface area contributed by atoms with Crippen LogP contribution in [0.15, 0.2) is 36.5 Å². The van der Waals surface area contributed by atoms with Crippen LogP contribution in [0.4, 0.5) is 13.2 Å². The van der Waals surface area contributed by atoms with Crippen molar-refractivity contribution in [2.24, 2.45) is 0 Å². The number of hydrogen-bond donors (Lipinski definition) is 1. The summed E-state index contributed by atoms with van der Waals surface area (Å²) in [5.74, 6) is -0.850. The van der Waals surface area contributed by atoms with E-state index >= 15 is 0 Å². The van der Waals surface area contributed by atoms with E-state index in [9.17, 15) is 22.8 Å². The van der Waals surface area contributed by atoms with E-state index in [4.69, 9.17) is 4.74 Å². The average Bonchev–Trinajstić information content (AvgIpc) is 3.09. The van der Waals surface area contributed by atoms with Crippen LogP contribution in [0.3, 0.4) is 0 Å². The molecular weight excluding hydrogens is 387 g/mol. The maximum Gasteiger partial charge on any atom is 0.433 e. The third kappa shape index (κ3) is 3.43. The number of nitrogens with one attached hydrogen (secondary N) is 1. The molecule has 1 amide bonds. The van der Waals surface area contributed by atoms with E-state index in [1.54, 1.807) is 23.1 Å². The minimum atomic E-state index is -4.55. The molecule has 1 aromatic carbocycles. The number of esters is 1. The molecule has 29 heavy (non-hydrogen) atoms. The Hall–Kier alpha value is -3.36. The molecule has 0 unspecified atom stereocenters. The first kappa shape index (κ1) is 19.0. The Morgan fingerprint density at radius 3 is 2.59 bits per heavy atom. The number of alkyl halides is 3. The topological polar surface area (TPSA) is 75.3 Å². The van der Waals surface area contributed by atoms with Crippen molar-refractivity contribution >= 4 is 22.8 Å². The van der Waals surface area contributed by atoms with Gasteiger partial charge in [-0.1, -0.05) is 0 Å². The lowest BCUT2D eigenvalue weighted by Gasteiger charge is -2.27. The first-order valence-corrected chi connectivity index (χ1v) is 8.82. The molecule has 150 valence electrons. The highest BCUT2D eigenvalue weighted by Gasteiger charge is 2.33. The summed E-state index contributed by atoms with van der Waals surface area (Å²) in [5, 5.41) is 0.811. The van der Waals surface area contributed by atoms with Gasteiger partial charge in [0.2, 0.25) is 0 Å². The Labute approximate surface area is 163 Å². The van der Waals surface area contributed by atoms with E-state index in [0.29, 0.717) is 18.5 Å². The molecule has 2 aromatic heterocycles. The van der Waals surface area contributed by atoms with Crippen LogP contribution in [-0.4, -0.2) is 40.4 Å². The zero-order chi connectivity index (χ0) is 20.8. The standard InChI is InChI=1S/C20H16F3N3O3/c1-29-19(28)11-2-4-15-13(8-11)14-10-26(7-6-16(14)25-15)18(27)12-3-5-17(24-9-12)20(21,22)23/h2-5,8-9,25H,6-7,10H2,1H3. The number of ether oxygens (including phenoxy) is 1. The van der Waals surface area contributed by atoms with Crippen LogP contribution in [-0.2, 0) is 23.9 Å². The highest BCUT2D eigenvalue weighted by molar-refractivity contribution is 5.97. The zero-order valence-electron chi connectivity index (χ0n) is 15.3. The predicted molar refractivity (Wildman–Crippen MR) is 97.3 cm³/mol. The van der Waals surface area contributed by atoms with Crippen LogP contribution >= 0.6 is 0 Å². The number of carbonyl (C=O) groups excluding carboxylic acids is 2. The van der Waals surface area contributed by atoms with Crippen molar-refractivity contribution in [2.75, 3.05) is 13.7 Å². The minimum Gasteiger partial charge on any atom is -0.465 e. The van der Waals surface area contributed by atoms with Crippen LogP contribution in [0.2, 0.25) is 0 Å². The molecule has 0 spiro atoms. The van der Waals surface area contributed by atoms with Crippen molar-refractivity contribution < 1.29 is 27.5 Å². The van der Waals surface area contributed by atoms with Gasteiger partial charge in [-0.05, 0) is 30.3 Å². The molecule has 3 heterocycles. The largest absolute Gasteiger partial charge is 0.465 e. The molecule has 1 N–H and O–H groups in total. The molecule has 3 aromatic rings. The fourth-order valence-electron chi connectivity index (χ4n) is 3.50. The Morgan fingerprint density at radius 1 is 1.17 bits per heavy atom. The number of H-pyrrole nitrogens is 1. The van der Waals surface area contributed by atoms with Gasteiger partial charge in [-0.25, -0.2) is 4.79 Å². The highest BCUT2D eigenvalue weighted by Crippen LogP contribution is 2.30. The van der Waals surface area contributed by atoms with Gasteiger partial charge in [0.15, 0.2) is 0 Å². The summed E-state index contributed by atoms with van der Waals surface area (Å²) in [5.41, 5.74) is 2.14. The monoisotopic (exact) mass is 403 g/mol. The van der Waals surface area contributed by atoms with Gasteiger partial charge in [-0.15, -0.1) is 0 Å². The van der Waals surface area contributed by atoms with E-state index in [0.717, 1.165) is 40.5 Å². The van der Waals surface area contributed by atoms with Gasteiger partial charge in [0.1, 0.15) is 5.69 Å². The van der Waals surface area contributed by atoms with Crippen LogP contribution in [0.1, 0.15) is 37.7 Å². The summed E-state index contributed by atoms with van der Waals surface area (Å²) in [6.45, 7) is 0.698. The average molecular weight is 403 g/mol. The summed E-state index contributed by atoms with van der Waals surface area (Å²) in [6.07, 6.45) is -3.04. The predicted octanol–water partition coefficient (Wildman–Crippen LogP) is 3.57. The second-order valence-electron chi connectivity index (χ2n) is 6.74. The Kier molecular flexibility index (Phi) is 4.52. The summed E-state index contributed by atoms with van der Waals surface area (Å²) in [4.78, 5) is 32.8. The first-order chi connectivity index (χ1) is 13.8. The van der Waals surface area contributed by atoms with E-state index in [1.807, 2.05) is 0 Å². The van der Waals surface area contributed by atoms with E-state index in [1.165, 1.54) is 7.11 Å². The second kappa shape index (κ2) is 6.91. The first-order valence-electron chi connectivity index (χ1n) is 8.82. The lowest BCUT2D eigenvalue weighted by Crippen LogP contribution is -2.35. The van der Waals surface area contributed by atoms with Gasteiger partial charge >= 0.3 is 12.1 Å². The molecule has 0 radical (unpaired) electrons. The number of nitrogens with zero attached hydrogens (tertiary/aromatic N) is 2. The number of fused-ring (bicyclic) bond motifs is 3. The normalized spacial score (nSPS) is 14.0.